The van der Waals surface area contributed by atoms with E-state index < -0.39 is 0 Å². The molecule has 2 N–H and O–H groups in total. The van der Waals surface area contributed by atoms with Crippen LogP contribution in [0.15, 0.2) is 24.5 Å². The lowest BCUT2D eigenvalue weighted by Gasteiger charge is -2.26. The molecule has 0 atom stereocenters. The highest BCUT2D eigenvalue weighted by atomic mass is 16.3. The molecule has 3 rings (SSSR count). The number of hydrogen-bond donors (Lipinski definition) is 2. The van der Waals surface area contributed by atoms with Gasteiger partial charge in [0.05, 0.1) is 18.0 Å². The van der Waals surface area contributed by atoms with Gasteiger partial charge in [0.1, 0.15) is 5.65 Å². The molecule has 1 fully saturated rings. The maximum absolute atomic E-state index is 9.51. The first-order chi connectivity index (χ1) is 9.22. The zero-order chi connectivity index (χ0) is 13.2. The molecule has 1 aliphatic rings. The number of imidazole rings is 1. The van der Waals surface area contributed by atoms with Crippen LogP contribution in [0.25, 0.3) is 5.65 Å². The molecule has 0 aliphatic heterocycles. The summed E-state index contributed by atoms with van der Waals surface area (Å²) < 4.78 is 2.15. The predicted molar refractivity (Wildman–Crippen MR) is 75.0 cm³/mol. The molecule has 2 aromatic heterocycles. The van der Waals surface area contributed by atoms with Gasteiger partial charge in [0.15, 0.2) is 0 Å². The van der Waals surface area contributed by atoms with Gasteiger partial charge in [-0.1, -0.05) is 6.07 Å². The number of pyridine rings is 1. The fourth-order valence-corrected chi connectivity index (χ4v) is 2.80. The zero-order valence-corrected chi connectivity index (χ0v) is 11.3. The number of nitrogens with one attached hydrogen (secondary N) is 1. The first-order valence-electron chi connectivity index (χ1n) is 7.06. The van der Waals surface area contributed by atoms with Gasteiger partial charge in [-0.15, -0.1) is 0 Å². The van der Waals surface area contributed by atoms with Crippen molar-refractivity contribution in [3.05, 3.63) is 35.8 Å². The molecule has 2 aromatic rings. The van der Waals surface area contributed by atoms with Crippen LogP contribution in [0, 0.1) is 6.92 Å². The van der Waals surface area contributed by atoms with Crippen LogP contribution in [0.3, 0.4) is 0 Å². The summed E-state index contributed by atoms with van der Waals surface area (Å²) in [5.74, 6) is 0. The van der Waals surface area contributed by atoms with Crippen molar-refractivity contribution in [2.75, 3.05) is 0 Å². The molecule has 0 saturated heterocycles. The molecule has 0 aromatic carbocycles. The van der Waals surface area contributed by atoms with E-state index in [-0.39, 0.29) is 6.10 Å². The minimum absolute atomic E-state index is 0.0866. The molecule has 19 heavy (non-hydrogen) atoms. The summed E-state index contributed by atoms with van der Waals surface area (Å²) in [6.45, 7) is 2.94. The molecule has 0 bridgehead atoms. The molecule has 0 radical (unpaired) electrons. The molecule has 4 nitrogen and oxygen atoms in total. The Morgan fingerprint density at radius 1 is 1.32 bits per heavy atom. The van der Waals surface area contributed by atoms with E-state index in [0.29, 0.717) is 6.04 Å². The van der Waals surface area contributed by atoms with Crippen molar-refractivity contribution in [2.24, 2.45) is 0 Å². The lowest BCUT2D eigenvalue weighted by atomic mass is 9.93. The fourth-order valence-electron chi connectivity index (χ4n) is 2.80. The highest BCUT2D eigenvalue weighted by Crippen LogP contribution is 2.19. The molecule has 1 aliphatic carbocycles. The Morgan fingerprint density at radius 2 is 2.11 bits per heavy atom. The third-order valence-corrected chi connectivity index (χ3v) is 4.00. The summed E-state index contributed by atoms with van der Waals surface area (Å²) in [7, 11) is 0. The largest absolute Gasteiger partial charge is 0.393 e. The van der Waals surface area contributed by atoms with Crippen molar-refractivity contribution in [1.82, 2.24) is 14.7 Å². The van der Waals surface area contributed by atoms with E-state index in [1.54, 1.807) is 0 Å². The lowest BCUT2D eigenvalue weighted by Crippen LogP contribution is -2.34. The van der Waals surface area contributed by atoms with Crippen molar-refractivity contribution in [3.8, 4) is 0 Å². The molecule has 0 spiro atoms. The molecule has 2 heterocycles. The minimum Gasteiger partial charge on any atom is -0.393 e. The standard InChI is InChI=1S/C15H21N3O/c1-11-2-7-15-17-9-13(18(15)10-11)8-16-12-3-5-14(19)6-4-12/h2,7,9-10,12,14,16,19H,3-6,8H2,1H3. The summed E-state index contributed by atoms with van der Waals surface area (Å²) in [5.41, 5.74) is 3.44. The van der Waals surface area contributed by atoms with Crippen LogP contribution in [-0.4, -0.2) is 26.6 Å². The van der Waals surface area contributed by atoms with Crippen molar-refractivity contribution in [1.29, 1.82) is 0 Å². The Hall–Kier alpha value is -1.39. The second-order valence-electron chi connectivity index (χ2n) is 5.57. The van der Waals surface area contributed by atoms with Crippen LogP contribution in [0.4, 0.5) is 0 Å². The normalized spacial score (nSPS) is 23.9. The minimum atomic E-state index is -0.0866. The number of aromatic nitrogens is 2. The van der Waals surface area contributed by atoms with Gasteiger partial charge in [0, 0.05) is 18.8 Å². The smallest absolute Gasteiger partial charge is 0.136 e. The topological polar surface area (TPSA) is 49.6 Å². The van der Waals surface area contributed by atoms with Gasteiger partial charge < -0.3 is 14.8 Å². The summed E-state index contributed by atoms with van der Waals surface area (Å²) in [6.07, 6.45) is 7.96. The number of fused-ring (bicyclic) bond motifs is 1. The van der Waals surface area contributed by atoms with Crippen LogP contribution in [-0.2, 0) is 6.54 Å². The first-order valence-corrected chi connectivity index (χ1v) is 7.06. The second-order valence-corrected chi connectivity index (χ2v) is 5.57. The Morgan fingerprint density at radius 3 is 2.89 bits per heavy atom. The van der Waals surface area contributed by atoms with Crippen LogP contribution in [0.5, 0.6) is 0 Å². The van der Waals surface area contributed by atoms with E-state index in [9.17, 15) is 5.11 Å². The third kappa shape index (κ3) is 2.80. The molecule has 1 saturated carbocycles. The van der Waals surface area contributed by atoms with E-state index in [2.05, 4.69) is 40.0 Å². The van der Waals surface area contributed by atoms with Gasteiger partial charge in [-0.3, -0.25) is 0 Å². The summed E-state index contributed by atoms with van der Waals surface area (Å²) in [4.78, 5) is 4.42. The Labute approximate surface area is 113 Å². The number of aryl methyl sites for hydroxylation is 1. The molecular weight excluding hydrogens is 238 g/mol. The van der Waals surface area contributed by atoms with Gasteiger partial charge in [-0.25, -0.2) is 4.98 Å². The monoisotopic (exact) mass is 259 g/mol. The quantitative estimate of drug-likeness (QED) is 0.887. The first kappa shape index (κ1) is 12.6. The van der Waals surface area contributed by atoms with Crippen LogP contribution < -0.4 is 5.32 Å². The predicted octanol–water partition coefficient (Wildman–Crippen LogP) is 2.04. The molecule has 102 valence electrons. The van der Waals surface area contributed by atoms with Crippen molar-refractivity contribution in [2.45, 2.75) is 51.3 Å². The fraction of sp³-hybridized carbons (Fsp3) is 0.533. The average Bonchev–Trinajstić information content (AvgIpc) is 2.80. The number of nitrogens with zero attached hydrogens (tertiary/aromatic N) is 2. The molecule has 0 unspecified atom stereocenters. The van der Waals surface area contributed by atoms with Crippen molar-refractivity contribution in [3.63, 3.8) is 0 Å². The number of aliphatic hydroxyl groups excluding tert-OH is 1. The number of aliphatic hydroxyl groups is 1. The van der Waals surface area contributed by atoms with Crippen LogP contribution >= 0.6 is 0 Å². The average molecular weight is 259 g/mol. The lowest BCUT2D eigenvalue weighted by molar-refractivity contribution is 0.116. The third-order valence-electron chi connectivity index (χ3n) is 4.00. The van der Waals surface area contributed by atoms with E-state index >= 15 is 0 Å². The van der Waals surface area contributed by atoms with Gasteiger partial charge in [0.25, 0.3) is 0 Å². The Bertz CT molecular complexity index is 556. The Kier molecular flexibility index (Phi) is 3.53. The maximum Gasteiger partial charge on any atom is 0.136 e. The maximum atomic E-state index is 9.51. The van der Waals surface area contributed by atoms with E-state index in [0.717, 1.165) is 37.9 Å². The van der Waals surface area contributed by atoms with Crippen LogP contribution in [0.2, 0.25) is 0 Å². The van der Waals surface area contributed by atoms with Gasteiger partial charge in [-0.2, -0.15) is 0 Å². The second kappa shape index (κ2) is 5.31. The zero-order valence-electron chi connectivity index (χ0n) is 11.3. The summed E-state index contributed by atoms with van der Waals surface area (Å²) >= 11 is 0. The molecule has 4 heteroatoms. The molecule has 0 amide bonds. The summed E-state index contributed by atoms with van der Waals surface area (Å²) in [6, 6.07) is 4.66. The Balaban J connectivity index is 1.67. The number of rotatable bonds is 3. The van der Waals surface area contributed by atoms with Crippen molar-refractivity contribution >= 4 is 5.65 Å². The number of hydrogen-bond acceptors (Lipinski definition) is 3. The van der Waals surface area contributed by atoms with Crippen LogP contribution in [0.1, 0.15) is 36.9 Å². The summed E-state index contributed by atoms with van der Waals surface area (Å²) in [5, 5.41) is 13.1. The van der Waals surface area contributed by atoms with Gasteiger partial charge in [0.2, 0.25) is 0 Å². The highest BCUT2D eigenvalue weighted by Gasteiger charge is 2.18. The van der Waals surface area contributed by atoms with E-state index in [4.69, 9.17) is 0 Å². The van der Waals surface area contributed by atoms with E-state index in [1.165, 1.54) is 11.3 Å². The van der Waals surface area contributed by atoms with Gasteiger partial charge in [-0.05, 0) is 44.2 Å². The molecular formula is C15H21N3O. The SMILES string of the molecule is Cc1ccc2ncc(CNC3CCC(O)CC3)n2c1. The van der Waals surface area contributed by atoms with Crippen molar-refractivity contribution < 1.29 is 5.11 Å². The van der Waals surface area contributed by atoms with E-state index in [1.807, 2.05) is 6.20 Å². The van der Waals surface area contributed by atoms with Gasteiger partial charge >= 0.3 is 0 Å². The highest BCUT2D eigenvalue weighted by molar-refractivity contribution is 5.41.